The van der Waals surface area contributed by atoms with Gasteiger partial charge >= 0.3 is 0 Å². The van der Waals surface area contributed by atoms with Crippen LogP contribution in [0.3, 0.4) is 0 Å². The Morgan fingerprint density at radius 3 is 2.27 bits per heavy atom. The van der Waals surface area contributed by atoms with Gasteiger partial charge in [-0.25, -0.2) is 0 Å². The zero-order chi connectivity index (χ0) is 11.1. The Balaban J connectivity index is 2.20. The quantitative estimate of drug-likeness (QED) is 0.637. The van der Waals surface area contributed by atoms with Gasteiger partial charge in [0, 0.05) is 12.3 Å². The third-order valence-electron chi connectivity index (χ3n) is 3.76. The number of ketones is 1. The highest BCUT2D eigenvalue weighted by Crippen LogP contribution is 2.32. The fourth-order valence-electron chi connectivity index (χ4n) is 2.72. The average molecular weight is 210 g/mol. The summed E-state index contributed by atoms with van der Waals surface area (Å²) >= 11 is 0. The molecule has 0 spiro atoms. The van der Waals surface area contributed by atoms with Crippen LogP contribution in [0, 0.1) is 11.8 Å². The molecule has 0 atom stereocenters. The summed E-state index contributed by atoms with van der Waals surface area (Å²) in [4.78, 5) is 11.7. The van der Waals surface area contributed by atoms with Gasteiger partial charge in [0.05, 0.1) is 0 Å². The van der Waals surface area contributed by atoms with Crippen molar-refractivity contribution in [2.24, 2.45) is 11.8 Å². The Morgan fingerprint density at radius 2 is 1.73 bits per heavy atom. The van der Waals surface area contributed by atoms with E-state index in [0.717, 1.165) is 18.8 Å². The largest absolute Gasteiger partial charge is 0.299 e. The van der Waals surface area contributed by atoms with Crippen LogP contribution in [0.2, 0.25) is 0 Å². The van der Waals surface area contributed by atoms with E-state index >= 15 is 0 Å². The number of carbonyl (C=O) groups excluding carboxylic acids is 1. The number of rotatable bonds is 6. The lowest BCUT2D eigenvalue weighted by Crippen LogP contribution is -2.21. The molecule has 15 heavy (non-hydrogen) atoms. The molecular formula is C14H26O. The van der Waals surface area contributed by atoms with Crippen LogP contribution < -0.4 is 0 Å². The molecule has 1 aliphatic carbocycles. The van der Waals surface area contributed by atoms with Crippen LogP contribution in [0.4, 0.5) is 0 Å². The van der Waals surface area contributed by atoms with Crippen LogP contribution >= 0.6 is 0 Å². The molecule has 88 valence electrons. The van der Waals surface area contributed by atoms with Crippen molar-refractivity contribution in [1.82, 2.24) is 0 Å². The minimum absolute atomic E-state index is 0.419. The number of hydrogen-bond acceptors (Lipinski definition) is 1. The van der Waals surface area contributed by atoms with Gasteiger partial charge in [-0.05, 0) is 38.0 Å². The monoisotopic (exact) mass is 210 g/mol. The van der Waals surface area contributed by atoms with Crippen molar-refractivity contribution >= 4 is 5.78 Å². The molecule has 1 saturated carbocycles. The molecule has 0 aliphatic heterocycles. The number of Topliss-reactive ketones (excluding diaryl/α,β-unsaturated/α-hetero) is 1. The van der Waals surface area contributed by atoms with Crippen LogP contribution in [-0.2, 0) is 4.79 Å². The molecule has 0 saturated heterocycles. The molecule has 1 heteroatoms. The zero-order valence-corrected chi connectivity index (χ0v) is 10.4. The topological polar surface area (TPSA) is 17.1 Å². The lowest BCUT2D eigenvalue weighted by Gasteiger charge is -2.27. The summed E-state index contributed by atoms with van der Waals surface area (Å²) in [6.45, 7) is 4.36. The Morgan fingerprint density at radius 1 is 1.07 bits per heavy atom. The predicted octanol–water partition coefficient (Wildman–Crippen LogP) is 4.35. The van der Waals surface area contributed by atoms with E-state index in [2.05, 4.69) is 13.8 Å². The van der Waals surface area contributed by atoms with Gasteiger partial charge < -0.3 is 0 Å². The first-order valence-electron chi connectivity index (χ1n) is 6.80. The maximum Gasteiger partial charge on any atom is 0.135 e. The summed E-state index contributed by atoms with van der Waals surface area (Å²) in [5, 5.41) is 0. The normalized spacial score (nSPS) is 26.5. The Kier molecular flexibility index (Phi) is 5.97. The number of carbonyl (C=O) groups is 1. The van der Waals surface area contributed by atoms with E-state index in [0.29, 0.717) is 11.7 Å². The van der Waals surface area contributed by atoms with E-state index in [1.54, 1.807) is 0 Å². The first-order chi connectivity index (χ1) is 7.27. The molecule has 1 nitrogen and oxygen atoms in total. The van der Waals surface area contributed by atoms with E-state index in [1.807, 2.05) is 0 Å². The summed E-state index contributed by atoms with van der Waals surface area (Å²) in [5.41, 5.74) is 0. The van der Waals surface area contributed by atoms with Gasteiger partial charge in [0.25, 0.3) is 0 Å². The second-order valence-corrected chi connectivity index (χ2v) is 5.08. The average Bonchev–Trinajstić information content (AvgIpc) is 2.27. The van der Waals surface area contributed by atoms with Gasteiger partial charge in [0.2, 0.25) is 0 Å². The van der Waals surface area contributed by atoms with Crippen molar-refractivity contribution in [3.63, 3.8) is 0 Å². The van der Waals surface area contributed by atoms with Crippen LogP contribution in [0.5, 0.6) is 0 Å². The van der Waals surface area contributed by atoms with E-state index < -0.39 is 0 Å². The molecule has 0 aromatic rings. The van der Waals surface area contributed by atoms with E-state index in [4.69, 9.17) is 0 Å². The lowest BCUT2D eigenvalue weighted by molar-refractivity contribution is -0.124. The van der Waals surface area contributed by atoms with E-state index in [1.165, 1.54) is 44.9 Å². The van der Waals surface area contributed by atoms with Crippen molar-refractivity contribution < 1.29 is 4.79 Å². The first kappa shape index (κ1) is 12.7. The third kappa shape index (κ3) is 4.36. The van der Waals surface area contributed by atoms with E-state index in [9.17, 15) is 4.79 Å². The highest BCUT2D eigenvalue weighted by Gasteiger charge is 2.24. The molecule has 0 heterocycles. The molecule has 1 fully saturated rings. The van der Waals surface area contributed by atoms with Crippen molar-refractivity contribution in [2.45, 2.75) is 71.6 Å². The summed E-state index contributed by atoms with van der Waals surface area (Å²) < 4.78 is 0. The third-order valence-corrected chi connectivity index (χ3v) is 3.76. The fourth-order valence-corrected chi connectivity index (χ4v) is 2.72. The summed E-state index contributed by atoms with van der Waals surface area (Å²) in [6, 6.07) is 0. The standard InChI is InChI=1S/C14H26O/c1-3-5-7-12-8-10-13(11-9-12)14(15)6-4-2/h12-13H,3-11H2,1-2H3. The smallest absolute Gasteiger partial charge is 0.135 e. The van der Waals surface area contributed by atoms with Crippen molar-refractivity contribution in [3.05, 3.63) is 0 Å². The van der Waals surface area contributed by atoms with Gasteiger partial charge in [-0.15, -0.1) is 0 Å². The van der Waals surface area contributed by atoms with Crippen LogP contribution in [-0.4, -0.2) is 5.78 Å². The van der Waals surface area contributed by atoms with Gasteiger partial charge in [0.1, 0.15) is 5.78 Å². The molecular weight excluding hydrogens is 184 g/mol. The highest BCUT2D eigenvalue weighted by atomic mass is 16.1. The minimum Gasteiger partial charge on any atom is -0.299 e. The second kappa shape index (κ2) is 7.03. The maximum atomic E-state index is 11.7. The molecule has 1 aliphatic rings. The van der Waals surface area contributed by atoms with Gasteiger partial charge in [-0.2, -0.15) is 0 Å². The molecule has 0 aromatic heterocycles. The fraction of sp³-hybridized carbons (Fsp3) is 0.929. The van der Waals surface area contributed by atoms with Gasteiger partial charge in [-0.3, -0.25) is 4.79 Å². The molecule has 0 unspecified atom stereocenters. The molecule has 0 bridgehead atoms. The molecule has 0 N–H and O–H groups in total. The zero-order valence-electron chi connectivity index (χ0n) is 10.4. The van der Waals surface area contributed by atoms with Crippen molar-refractivity contribution in [3.8, 4) is 0 Å². The molecule has 0 radical (unpaired) electrons. The molecule has 0 amide bonds. The Hall–Kier alpha value is -0.330. The Labute approximate surface area is 94.6 Å². The highest BCUT2D eigenvalue weighted by molar-refractivity contribution is 5.80. The van der Waals surface area contributed by atoms with Gasteiger partial charge in [-0.1, -0.05) is 33.1 Å². The second-order valence-electron chi connectivity index (χ2n) is 5.08. The lowest BCUT2D eigenvalue weighted by atomic mass is 9.77. The first-order valence-corrected chi connectivity index (χ1v) is 6.80. The van der Waals surface area contributed by atoms with Crippen LogP contribution in [0.15, 0.2) is 0 Å². The summed E-state index contributed by atoms with van der Waals surface area (Å²) in [7, 11) is 0. The number of hydrogen-bond donors (Lipinski definition) is 0. The van der Waals surface area contributed by atoms with Crippen molar-refractivity contribution in [1.29, 1.82) is 0 Å². The van der Waals surface area contributed by atoms with Gasteiger partial charge in [0.15, 0.2) is 0 Å². The minimum atomic E-state index is 0.419. The van der Waals surface area contributed by atoms with E-state index in [-0.39, 0.29) is 0 Å². The summed E-state index contributed by atoms with van der Waals surface area (Å²) in [5.74, 6) is 1.88. The Bertz CT molecular complexity index is 178. The molecule has 1 rings (SSSR count). The predicted molar refractivity (Wildman–Crippen MR) is 64.9 cm³/mol. The van der Waals surface area contributed by atoms with Crippen LogP contribution in [0.1, 0.15) is 71.6 Å². The SMILES string of the molecule is CCCCC1CCC(C(=O)CCC)CC1. The molecule has 0 aromatic carbocycles. The number of unbranched alkanes of at least 4 members (excludes halogenated alkanes) is 1. The summed E-state index contributed by atoms with van der Waals surface area (Å²) in [6.07, 6.45) is 10.9. The van der Waals surface area contributed by atoms with Crippen LogP contribution in [0.25, 0.3) is 0 Å². The maximum absolute atomic E-state index is 11.7. The van der Waals surface area contributed by atoms with Crippen molar-refractivity contribution in [2.75, 3.05) is 0 Å².